The normalized spacial score (nSPS) is 11.5. The summed E-state index contributed by atoms with van der Waals surface area (Å²) in [7, 11) is 0. The molecule has 2 aromatic rings. The molecule has 6 nitrogen and oxygen atoms in total. The van der Waals surface area contributed by atoms with Crippen molar-refractivity contribution in [2.45, 2.75) is 6.10 Å². The van der Waals surface area contributed by atoms with Crippen LogP contribution >= 0.6 is 0 Å². The molecule has 1 heterocycles. The number of rotatable bonds is 6. The van der Waals surface area contributed by atoms with Crippen LogP contribution in [-0.2, 0) is 0 Å². The lowest BCUT2D eigenvalue weighted by atomic mass is 10.3. The molecular weight excluding hydrogens is 289 g/mol. The van der Waals surface area contributed by atoms with Gasteiger partial charge in [-0.3, -0.25) is 4.98 Å². The lowest BCUT2D eigenvalue weighted by Gasteiger charge is -2.13. The zero-order valence-electron chi connectivity index (χ0n) is 11.7. The van der Waals surface area contributed by atoms with Gasteiger partial charge in [0.05, 0.1) is 11.9 Å². The lowest BCUT2D eigenvalue weighted by Crippen LogP contribution is -2.37. The maximum Gasteiger partial charge on any atom is 0.319 e. The number of carbonyl (C=O) groups excluding carboxylic acids is 1. The second-order valence-corrected chi connectivity index (χ2v) is 4.50. The van der Waals surface area contributed by atoms with Gasteiger partial charge >= 0.3 is 6.03 Å². The lowest BCUT2D eigenvalue weighted by molar-refractivity contribution is 0.108. The van der Waals surface area contributed by atoms with Crippen LogP contribution in [0.4, 0.5) is 14.9 Å². The molecule has 1 atom stereocenters. The van der Waals surface area contributed by atoms with Gasteiger partial charge in [-0.05, 0) is 24.3 Å². The van der Waals surface area contributed by atoms with Crippen molar-refractivity contribution in [3.05, 3.63) is 54.6 Å². The van der Waals surface area contributed by atoms with Gasteiger partial charge in [0.1, 0.15) is 24.3 Å². The zero-order valence-corrected chi connectivity index (χ0v) is 11.7. The highest BCUT2D eigenvalue weighted by molar-refractivity contribution is 5.88. The van der Waals surface area contributed by atoms with Gasteiger partial charge in [0.2, 0.25) is 0 Å². The summed E-state index contributed by atoms with van der Waals surface area (Å²) < 4.78 is 18.2. The van der Waals surface area contributed by atoms with Crippen LogP contribution in [0.5, 0.6) is 5.75 Å². The molecule has 1 unspecified atom stereocenters. The van der Waals surface area contributed by atoms with E-state index in [1.54, 1.807) is 24.4 Å². The van der Waals surface area contributed by atoms with Gasteiger partial charge in [0.15, 0.2) is 0 Å². The number of aliphatic hydroxyl groups excluding tert-OH is 1. The maximum absolute atomic E-state index is 12.9. The number of ether oxygens (including phenoxy) is 1. The third-order valence-corrected chi connectivity index (χ3v) is 2.66. The third kappa shape index (κ3) is 5.37. The van der Waals surface area contributed by atoms with Crippen molar-refractivity contribution in [3.8, 4) is 5.75 Å². The number of amides is 2. The standard InChI is InChI=1S/C15H16FN3O3/c16-11-3-1-5-14(7-11)22-10-13(20)9-18-15(21)19-12-4-2-6-17-8-12/h1-8,13,20H,9-10H2,(H2,18,19,21). The van der Waals surface area contributed by atoms with E-state index in [4.69, 9.17) is 4.74 Å². The zero-order chi connectivity index (χ0) is 15.8. The molecule has 7 heteroatoms. The van der Waals surface area contributed by atoms with Crippen LogP contribution in [0.3, 0.4) is 0 Å². The van der Waals surface area contributed by atoms with Gasteiger partial charge in [0, 0.05) is 18.8 Å². The number of hydrogen-bond donors (Lipinski definition) is 3. The van der Waals surface area contributed by atoms with Gasteiger partial charge in [0.25, 0.3) is 0 Å². The van der Waals surface area contributed by atoms with Crippen LogP contribution in [0.2, 0.25) is 0 Å². The molecule has 116 valence electrons. The van der Waals surface area contributed by atoms with Crippen LogP contribution in [0.1, 0.15) is 0 Å². The largest absolute Gasteiger partial charge is 0.491 e. The van der Waals surface area contributed by atoms with Crippen LogP contribution in [0.25, 0.3) is 0 Å². The fourth-order valence-corrected chi connectivity index (χ4v) is 1.63. The van der Waals surface area contributed by atoms with Crippen molar-refractivity contribution in [3.63, 3.8) is 0 Å². The number of anilines is 1. The van der Waals surface area contributed by atoms with Gasteiger partial charge in [-0.25, -0.2) is 9.18 Å². The second kappa shape index (κ2) is 7.94. The van der Waals surface area contributed by atoms with E-state index < -0.39 is 18.0 Å². The first kappa shape index (κ1) is 15.7. The van der Waals surface area contributed by atoms with Crippen molar-refractivity contribution in [1.29, 1.82) is 0 Å². The SMILES string of the molecule is O=C(NCC(O)COc1cccc(F)c1)Nc1cccnc1. The Kier molecular flexibility index (Phi) is 5.67. The highest BCUT2D eigenvalue weighted by atomic mass is 19.1. The van der Waals surface area contributed by atoms with E-state index in [0.717, 1.165) is 0 Å². The average molecular weight is 305 g/mol. The molecule has 3 N–H and O–H groups in total. The molecule has 2 rings (SSSR count). The first-order valence-electron chi connectivity index (χ1n) is 6.65. The van der Waals surface area contributed by atoms with Gasteiger partial charge < -0.3 is 20.5 Å². The Hall–Kier alpha value is -2.67. The molecule has 0 saturated heterocycles. The Balaban J connectivity index is 1.69. The van der Waals surface area contributed by atoms with Crippen LogP contribution in [0.15, 0.2) is 48.8 Å². The first-order valence-corrected chi connectivity index (χ1v) is 6.65. The second-order valence-electron chi connectivity index (χ2n) is 4.50. The Morgan fingerprint density at radius 3 is 2.95 bits per heavy atom. The monoisotopic (exact) mass is 305 g/mol. The third-order valence-electron chi connectivity index (χ3n) is 2.66. The molecule has 2 amide bonds. The summed E-state index contributed by atoms with van der Waals surface area (Å²) in [6, 6.07) is 8.53. The van der Waals surface area contributed by atoms with Crippen molar-refractivity contribution >= 4 is 11.7 Å². The molecule has 0 spiro atoms. The number of hydrogen-bond acceptors (Lipinski definition) is 4. The van der Waals surface area contributed by atoms with Gasteiger partial charge in [-0.1, -0.05) is 6.07 Å². The molecule has 1 aromatic heterocycles. The Bertz CT molecular complexity index is 610. The predicted molar refractivity (Wildman–Crippen MR) is 79.2 cm³/mol. The van der Waals surface area contributed by atoms with E-state index in [1.807, 2.05) is 0 Å². The number of nitrogens with zero attached hydrogens (tertiary/aromatic N) is 1. The van der Waals surface area contributed by atoms with E-state index in [-0.39, 0.29) is 13.2 Å². The average Bonchev–Trinajstić information content (AvgIpc) is 2.52. The summed E-state index contributed by atoms with van der Waals surface area (Å²) in [5.41, 5.74) is 0.547. The molecule has 0 aliphatic heterocycles. The van der Waals surface area contributed by atoms with Crippen molar-refractivity contribution in [2.75, 3.05) is 18.5 Å². The summed E-state index contributed by atoms with van der Waals surface area (Å²) in [5, 5.41) is 14.8. The minimum Gasteiger partial charge on any atom is -0.491 e. The Morgan fingerprint density at radius 1 is 1.36 bits per heavy atom. The quantitative estimate of drug-likeness (QED) is 0.759. The fourth-order valence-electron chi connectivity index (χ4n) is 1.63. The Morgan fingerprint density at radius 2 is 2.23 bits per heavy atom. The highest BCUT2D eigenvalue weighted by Crippen LogP contribution is 2.11. The molecule has 22 heavy (non-hydrogen) atoms. The van der Waals surface area contributed by atoms with Crippen LogP contribution in [0, 0.1) is 5.82 Å². The molecular formula is C15H16FN3O3. The summed E-state index contributed by atoms with van der Waals surface area (Å²) in [5.74, 6) is -0.0974. The van der Waals surface area contributed by atoms with E-state index in [2.05, 4.69) is 15.6 Å². The molecule has 0 aliphatic carbocycles. The van der Waals surface area contributed by atoms with Crippen LogP contribution < -0.4 is 15.4 Å². The maximum atomic E-state index is 12.9. The van der Waals surface area contributed by atoms with Crippen molar-refractivity contribution < 1.29 is 19.0 Å². The van der Waals surface area contributed by atoms with E-state index >= 15 is 0 Å². The number of aliphatic hydroxyl groups is 1. The minimum absolute atomic E-state index is 0.00140. The number of nitrogens with one attached hydrogen (secondary N) is 2. The number of pyridine rings is 1. The molecule has 0 radical (unpaired) electrons. The summed E-state index contributed by atoms with van der Waals surface area (Å²) >= 11 is 0. The summed E-state index contributed by atoms with van der Waals surface area (Å²) in [6.45, 7) is -0.0575. The molecule has 0 aliphatic rings. The van der Waals surface area contributed by atoms with E-state index in [9.17, 15) is 14.3 Å². The number of benzene rings is 1. The summed E-state index contributed by atoms with van der Waals surface area (Å²) in [6.07, 6.45) is 2.18. The molecule has 0 saturated carbocycles. The predicted octanol–water partition coefficient (Wildman–Crippen LogP) is 1.78. The summed E-state index contributed by atoms with van der Waals surface area (Å²) in [4.78, 5) is 15.4. The topological polar surface area (TPSA) is 83.5 Å². The smallest absolute Gasteiger partial charge is 0.319 e. The van der Waals surface area contributed by atoms with Gasteiger partial charge in [-0.2, -0.15) is 0 Å². The number of halogens is 1. The van der Waals surface area contributed by atoms with E-state index in [0.29, 0.717) is 11.4 Å². The number of urea groups is 1. The van der Waals surface area contributed by atoms with Crippen molar-refractivity contribution in [2.24, 2.45) is 0 Å². The first-order chi connectivity index (χ1) is 10.6. The fraction of sp³-hybridized carbons (Fsp3) is 0.200. The molecule has 0 bridgehead atoms. The van der Waals surface area contributed by atoms with Crippen molar-refractivity contribution in [1.82, 2.24) is 10.3 Å². The van der Waals surface area contributed by atoms with Crippen LogP contribution in [-0.4, -0.2) is 35.4 Å². The molecule has 0 fully saturated rings. The number of aromatic nitrogens is 1. The minimum atomic E-state index is -0.914. The van der Waals surface area contributed by atoms with Gasteiger partial charge in [-0.15, -0.1) is 0 Å². The molecule has 1 aromatic carbocycles. The highest BCUT2D eigenvalue weighted by Gasteiger charge is 2.08. The Labute approximate surface area is 127 Å². The van der Waals surface area contributed by atoms with E-state index in [1.165, 1.54) is 24.4 Å². The number of carbonyl (C=O) groups is 1.